The monoisotopic (exact) mass is 304 g/mol. The summed E-state index contributed by atoms with van der Waals surface area (Å²) in [6.07, 6.45) is 1.64. The first-order valence-corrected chi connectivity index (χ1v) is 6.40. The lowest BCUT2D eigenvalue weighted by molar-refractivity contribution is 0.0949. The molecule has 2 rings (SSSR count). The lowest BCUT2D eigenvalue weighted by Gasteiger charge is -2.06. The van der Waals surface area contributed by atoms with Gasteiger partial charge >= 0.3 is 0 Å². The summed E-state index contributed by atoms with van der Waals surface area (Å²) in [5, 5.41) is 2.87. The summed E-state index contributed by atoms with van der Waals surface area (Å²) in [7, 11) is 0. The highest BCUT2D eigenvalue weighted by Gasteiger charge is 2.09. The fraction of sp³-hybridized carbons (Fsp3) is 0.143. The molecule has 1 N–H and O–H groups in total. The highest BCUT2D eigenvalue weighted by Crippen LogP contribution is 2.12. The van der Waals surface area contributed by atoms with Crippen molar-refractivity contribution < 1.29 is 4.79 Å². The third kappa shape index (κ3) is 3.17. The fourth-order valence-electron chi connectivity index (χ4n) is 1.54. The lowest BCUT2D eigenvalue weighted by atomic mass is 10.1. The van der Waals surface area contributed by atoms with Crippen LogP contribution in [0.4, 0.5) is 0 Å². The standard InChI is InChI=1S/C14H13BrN2O/c1-10-4-6-11(7-5-10)9-17-14(18)12-3-2-8-16-13(12)15/h2-8H,9H2,1H3,(H,17,18). The molecule has 0 aliphatic heterocycles. The van der Waals surface area contributed by atoms with E-state index in [2.05, 4.69) is 26.2 Å². The van der Waals surface area contributed by atoms with Gasteiger partial charge in [-0.25, -0.2) is 4.98 Å². The summed E-state index contributed by atoms with van der Waals surface area (Å²) in [5.74, 6) is -0.129. The van der Waals surface area contributed by atoms with Crippen molar-refractivity contribution >= 4 is 21.8 Å². The van der Waals surface area contributed by atoms with Crippen molar-refractivity contribution in [2.75, 3.05) is 0 Å². The molecule has 0 saturated heterocycles. The van der Waals surface area contributed by atoms with E-state index in [0.29, 0.717) is 16.7 Å². The van der Waals surface area contributed by atoms with Crippen molar-refractivity contribution in [3.63, 3.8) is 0 Å². The molecule has 0 spiro atoms. The van der Waals surface area contributed by atoms with Crippen molar-refractivity contribution in [2.24, 2.45) is 0 Å². The number of nitrogens with one attached hydrogen (secondary N) is 1. The Hall–Kier alpha value is -1.68. The van der Waals surface area contributed by atoms with E-state index in [-0.39, 0.29) is 5.91 Å². The quantitative estimate of drug-likeness (QED) is 0.886. The number of hydrogen-bond acceptors (Lipinski definition) is 2. The van der Waals surface area contributed by atoms with Gasteiger partial charge in [-0.2, -0.15) is 0 Å². The first-order chi connectivity index (χ1) is 8.66. The van der Waals surface area contributed by atoms with E-state index in [0.717, 1.165) is 5.56 Å². The predicted molar refractivity (Wildman–Crippen MR) is 74.3 cm³/mol. The highest BCUT2D eigenvalue weighted by atomic mass is 79.9. The molecule has 0 bridgehead atoms. The fourth-order valence-corrected chi connectivity index (χ4v) is 1.97. The van der Waals surface area contributed by atoms with E-state index in [1.54, 1.807) is 18.3 Å². The molecule has 0 unspecified atom stereocenters. The number of pyridine rings is 1. The van der Waals surface area contributed by atoms with Gasteiger partial charge in [-0.15, -0.1) is 0 Å². The minimum Gasteiger partial charge on any atom is -0.348 e. The van der Waals surface area contributed by atoms with Gasteiger partial charge in [0.15, 0.2) is 0 Å². The van der Waals surface area contributed by atoms with Crippen LogP contribution < -0.4 is 5.32 Å². The van der Waals surface area contributed by atoms with Gasteiger partial charge in [0.1, 0.15) is 4.60 Å². The maximum absolute atomic E-state index is 11.9. The molecular formula is C14H13BrN2O. The van der Waals surface area contributed by atoms with Gasteiger partial charge in [0.05, 0.1) is 5.56 Å². The van der Waals surface area contributed by atoms with Gasteiger partial charge < -0.3 is 5.32 Å². The molecule has 4 heteroatoms. The van der Waals surface area contributed by atoms with Crippen LogP contribution in [0.2, 0.25) is 0 Å². The van der Waals surface area contributed by atoms with Crippen LogP contribution in [0.15, 0.2) is 47.2 Å². The zero-order valence-electron chi connectivity index (χ0n) is 9.98. The van der Waals surface area contributed by atoms with Crippen LogP contribution >= 0.6 is 15.9 Å². The highest BCUT2D eigenvalue weighted by molar-refractivity contribution is 9.10. The topological polar surface area (TPSA) is 42.0 Å². The number of aryl methyl sites for hydroxylation is 1. The van der Waals surface area contributed by atoms with Crippen molar-refractivity contribution in [1.29, 1.82) is 0 Å². The van der Waals surface area contributed by atoms with Crippen LogP contribution in [0.1, 0.15) is 21.5 Å². The number of carbonyl (C=O) groups is 1. The number of halogens is 1. The van der Waals surface area contributed by atoms with Crippen molar-refractivity contribution in [3.8, 4) is 0 Å². The summed E-state index contributed by atoms with van der Waals surface area (Å²) in [6, 6.07) is 11.6. The van der Waals surface area contributed by atoms with E-state index in [4.69, 9.17) is 0 Å². The predicted octanol–water partition coefficient (Wildman–Crippen LogP) is 3.08. The second kappa shape index (κ2) is 5.78. The lowest BCUT2D eigenvalue weighted by Crippen LogP contribution is -2.23. The molecule has 1 aromatic carbocycles. The summed E-state index contributed by atoms with van der Waals surface area (Å²) < 4.78 is 0.561. The Balaban J connectivity index is 2.01. The maximum Gasteiger partial charge on any atom is 0.254 e. The van der Waals surface area contributed by atoms with Crippen LogP contribution in [0, 0.1) is 6.92 Å². The van der Waals surface area contributed by atoms with Crippen LogP contribution in [-0.4, -0.2) is 10.9 Å². The molecule has 2 aromatic rings. The Kier molecular flexibility index (Phi) is 4.10. The average Bonchev–Trinajstić information content (AvgIpc) is 2.38. The molecule has 0 aliphatic rings. The van der Waals surface area contributed by atoms with Crippen LogP contribution in [-0.2, 0) is 6.54 Å². The van der Waals surface area contributed by atoms with Crippen LogP contribution in [0.5, 0.6) is 0 Å². The number of rotatable bonds is 3. The first-order valence-electron chi connectivity index (χ1n) is 5.61. The molecule has 0 saturated carbocycles. The largest absolute Gasteiger partial charge is 0.348 e. The van der Waals surface area contributed by atoms with Crippen molar-refractivity contribution in [2.45, 2.75) is 13.5 Å². The van der Waals surface area contributed by atoms with Crippen molar-refractivity contribution in [1.82, 2.24) is 10.3 Å². The SMILES string of the molecule is Cc1ccc(CNC(=O)c2cccnc2Br)cc1. The number of amides is 1. The van der Waals surface area contributed by atoms with Gasteiger partial charge in [0, 0.05) is 12.7 Å². The van der Waals surface area contributed by atoms with E-state index >= 15 is 0 Å². The van der Waals surface area contributed by atoms with Gasteiger partial charge in [0.2, 0.25) is 0 Å². The van der Waals surface area contributed by atoms with Crippen LogP contribution in [0.3, 0.4) is 0 Å². The van der Waals surface area contributed by atoms with E-state index in [1.807, 2.05) is 31.2 Å². The molecule has 0 radical (unpaired) electrons. The molecular weight excluding hydrogens is 292 g/mol. The maximum atomic E-state index is 11.9. The molecule has 1 heterocycles. The Morgan fingerprint density at radius 3 is 2.67 bits per heavy atom. The van der Waals surface area contributed by atoms with E-state index < -0.39 is 0 Å². The van der Waals surface area contributed by atoms with Gasteiger partial charge in [-0.3, -0.25) is 4.79 Å². The molecule has 1 aromatic heterocycles. The van der Waals surface area contributed by atoms with Crippen molar-refractivity contribution in [3.05, 3.63) is 63.9 Å². The number of carbonyl (C=O) groups excluding carboxylic acids is 1. The Morgan fingerprint density at radius 2 is 2.00 bits per heavy atom. The summed E-state index contributed by atoms with van der Waals surface area (Å²) in [5.41, 5.74) is 2.83. The average molecular weight is 305 g/mol. The zero-order chi connectivity index (χ0) is 13.0. The Labute approximate surface area is 114 Å². The van der Waals surface area contributed by atoms with Gasteiger partial charge in [-0.1, -0.05) is 29.8 Å². The molecule has 0 atom stereocenters. The molecule has 18 heavy (non-hydrogen) atoms. The second-order valence-corrected chi connectivity index (χ2v) is 4.76. The Bertz CT molecular complexity index is 552. The van der Waals surface area contributed by atoms with Gasteiger partial charge in [0.25, 0.3) is 5.91 Å². The zero-order valence-corrected chi connectivity index (χ0v) is 11.6. The third-order valence-electron chi connectivity index (χ3n) is 2.58. The number of aromatic nitrogens is 1. The van der Waals surface area contributed by atoms with E-state index in [1.165, 1.54) is 5.56 Å². The van der Waals surface area contributed by atoms with Crippen LogP contribution in [0.25, 0.3) is 0 Å². The molecule has 1 amide bonds. The molecule has 0 aliphatic carbocycles. The summed E-state index contributed by atoms with van der Waals surface area (Å²) in [6.45, 7) is 2.55. The normalized spacial score (nSPS) is 10.1. The smallest absolute Gasteiger partial charge is 0.254 e. The molecule has 0 fully saturated rings. The third-order valence-corrected chi connectivity index (χ3v) is 3.21. The summed E-state index contributed by atoms with van der Waals surface area (Å²) in [4.78, 5) is 15.9. The minimum absolute atomic E-state index is 0.129. The number of benzene rings is 1. The molecule has 92 valence electrons. The van der Waals surface area contributed by atoms with Gasteiger partial charge in [-0.05, 0) is 40.5 Å². The molecule has 3 nitrogen and oxygen atoms in total. The number of nitrogens with zero attached hydrogens (tertiary/aromatic N) is 1. The Morgan fingerprint density at radius 1 is 1.28 bits per heavy atom. The minimum atomic E-state index is -0.129. The number of hydrogen-bond donors (Lipinski definition) is 1. The first kappa shape index (κ1) is 12.8. The summed E-state index contributed by atoms with van der Waals surface area (Å²) >= 11 is 3.26. The van der Waals surface area contributed by atoms with E-state index in [9.17, 15) is 4.79 Å². The second-order valence-electron chi connectivity index (χ2n) is 4.01.